The summed E-state index contributed by atoms with van der Waals surface area (Å²) in [4.78, 5) is 14.0. The van der Waals surface area contributed by atoms with E-state index in [1.807, 2.05) is 4.90 Å². The molecule has 1 amide bonds. The lowest BCUT2D eigenvalue weighted by atomic mass is 9.99. The molecule has 1 atom stereocenters. The summed E-state index contributed by atoms with van der Waals surface area (Å²) in [5, 5.41) is 0. The van der Waals surface area contributed by atoms with E-state index in [-0.39, 0.29) is 11.7 Å². The van der Waals surface area contributed by atoms with E-state index < -0.39 is 0 Å². The van der Waals surface area contributed by atoms with Crippen LogP contribution in [-0.2, 0) is 0 Å². The van der Waals surface area contributed by atoms with Gasteiger partial charge in [-0.25, -0.2) is 4.39 Å². The monoisotopic (exact) mass is 299 g/mol. The molecule has 1 aliphatic rings. The molecule has 0 aliphatic carbocycles. The molecule has 0 N–H and O–H groups in total. The van der Waals surface area contributed by atoms with Crippen molar-refractivity contribution < 1.29 is 9.18 Å². The van der Waals surface area contributed by atoms with Crippen LogP contribution in [0.5, 0.6) is 0 Å². The molecule has 1 aromatic carbocycles. The van der Waals surface area contributed by atoms with E-state index >= 15 is 0 Å². The highest BCUT2D eigenvalue weighted by molar-refractivity contribution is 9.10. The van der Waals surface area contributed by atoms with Crippen molar-refractivity contribution in [2.45, 2.75) is 19.8 Å². The summed E-state index contributed by atoms with van der Waals surface area (Å²) in [7, 11) is 0. The number of nitrogens with zero attached hydrogens (tertiary/aromatic N) is 1. The summed E-state index contributed by atoms with van der Waals surface area (Å²) >= 11 is 3.08. The van der Waals surface area contributed by atoms with Gasteiger partial charge < -0.3 is 4.90 Å². The maximum atomic E-state index is 13.4. The van der Waals surface area contributed by atoms with E-state index in [1.54, 1.807) is 12.1 Å². The van der Waals surface area contributed by atoms with Crippen molar-refractivity contribution in [1.82, 2.24) is 4.90 Å². The van der Waals surface area contributed by atoms with Gasteiger partial charge in [0.05, 0.1) is 4.47 Å². The maximum Gasteiger partial charge on any atom is 0.253 e. The van der Waals surface area contributed by atoms with Crippen molar-refractivity contribution in [1.29, 1.82) is 0 Å². The Kier molecular flexibility index (Phi) is 3.82. The van der Waals surface area contributed by atoms with E-state index in [4.69, 9.17) is 0 Å². The largest absolute Gasteiger partial charge is 0.338 e. The molecule has 1 unspecified atom stereocenters. The van der Waals surface area contributed by atoms with Gasteiger partial charge >= 0.3 is 0 Å². The fraction of sp³-hybridized carbons (Fsp3) is 0.462. The first-order valence-electron chi connectivity index (χ1n) is 5.82. The smallest absolute Gasteiger partial charge is 0.253 e. The van der Waals surface area contributed by atoms with Crippen LogP contribution in [0.25, 0.3) is 0 Å². The van der Waals surface area contributed by atoms with Crippen LogP contribution in [0.4, 0.5) is 4.39 Å². The fourth-order valence-corrected chi connectivity index (χ4v) is 2.43. The van der Waals surface area contributed by atoms with Gasteiger partial charge in [-0.05, 0) is 52.9 Å². The van der Waals surface area contributed by atoms with Gasteiger partial charge in [-0.2, -0.15) is 0 Å². The molecule has 4 heteroatoms. The van der Waals surface area contributed by atoms with Crippen LogP contribution >= 0.6 is 15.9 Å². The molecular weight excluding hydrogens is 285 g/mol. The minimum atomic E-state index is -0.388. The van der Waals surface area contributed by atoms with Crippen molar-refractivity contribution in [3.05, 3.63) is 34.1 Å². The molecule has 1 heterocycles. The molecule has 2 nitrogen and oxygen atoms in total. The summed E-state index contributed by atoms with van der Waals surface area (Å²) in [5.41, 5.74) is 0.430. The summed E-state index contributed by atoms with van der Waals surface area (Å²) < 4.78 is 13.8. The summed E-state index contributed by atoms with van der Waals surface area (Å²) in [5.74, 6) is 0.0804. The number of hydrogen-bond donors (Lipinski definition) is 0. The number of hydrogen-bond acceptors (Lipinski definition) is 1. The second kappa shape index (κ2) is 5.17. The third kappa shape index (κ3) is 2.86. The first-order valence-corrected chi connectivity index (χ1v) is 6.61. The first kappa shape index (κ1) is 12.6. The van der Waals surface area contributed by atoms with Crippen molar-refractivity contribution in [3.63, 3.8) is 0 Å². The Labute approximate surface area is 109 Å². The van der Waals surface area contributed by atoms with Crippen LogP contribution in [-0.4, -0.2) is 23.9 Å². The number of likely N-dealkylation sites (tertiary alicyclic amines) is 1. The zero-order valence-corrected chi connectivity index (χ0v) is 11.3. The minimum Gasteiger partial charge on any atom is -0.338 e. The van der Waals surface area contributed by atoms with Gasteiger partial charge in [0, 0.05) is 18.7 Å². The Morgan fingerprint density at radius 1 is 1.53 bits per heavy atom. The number of rotatable bonds is 1. The standard InChI is InChI=1S/C13H15BrFNO/c1-9-3-2-6-16(8-9)13(17)10-4-5-11(14)12(15)7-10/h4-5,7,9H,2-3,6,8H2,1H3. The van der Waals surface area contributed by atoms with Crippen LogP contribution < -0.4 is 0 Å². The van der Waals surface area contributed by atoms with E-state index in [2.05, 4.69) is 22.9 Å². The highest BCUT2D eigenvalue weighted by Gasteiger charge is 2.22. The molecule has 1 saturated heterocycles. The number of amides is 1. The molecular formula is C13H15BrFNO. The number of piperidine rings is 1. The average Bonchev–Trinajstić information content (AvgIpc) is 2.32. The van der Waals surface area contributed by atoms with Gasteiger partial charge in [0.25, 0.3) is 5.91 Å². The fourth-order valence-electron chi connectivity index (χ4n) is 2.19. The molecule has 0 bridgehead atoms. The number of carbonyl (C=O) groups is 1. The SMILES string of the molecule is CC1CCCN(C(=O)c2ccc(Br)c(F)c2)C1. The average molecular weight is 300 g/mol. The van der Waals surface area contributed by atoms with Gasteiger partial charge in [0.15, 0.2) is 0 Å². The predicted octanol–water partition coefficient (Wildman–Crippen LogP) is 3.46. The Morgan fingerprint density at radius 2 is 2.29 bits per heavy atom. The highest BCUT2D eigenvalue weighted by atomic mass is 79.9. The number of halogens is 2. The normalized spacial score (nSPS) is 20.4. The van der Waals surface area contributed by atoms with Crippen molar-refractivity contribution >= 4 is 21.8 Å². The van der Waals surface area contributed by atoms with Crippen molar-refractivity contribution in [2.24, 2.45) is 5.92 Å². The van der Waals surface area contributed by atoms with Crippen LogP contribution in [0.3, 0.4) is 0 Å². The van der Waals surface area contributed by atoms with Gasteiger partial charge in [-0.15, -0.1) is 0 Å². The van der Waals surface area contributed by atoms with Gasteiger partial charge in [-0.3, -0.25) is 4.79 Å². The topological polar surface area (TPSA) is 20.3 Å². The Balaban J connectivity index is 2.15. The second-order valence-corrected chi connectivity index (χ2v) is 5.48. The molecule has 1 fully saturated rings. The van der Waals surface area contributed by atoms with E-state index in [0.717, 1.165) is 19.5 Å². The van der Waals surface area contributed by atoms with Crippen LogP contribution in [0.2, 0.25) is 0 Å². The molecule has 0 saturated carbocycles. The molecule has 17 heavy (non-hydrogen) atoms. The molecule has 0 radical (unpaired) electrons. The summed E-state index contributed by atoms with van der Waals surface area (Å²) in [6.07, 6.45) is 2.20. The summed E-state index contributed by atoms with van der Waals surface area (Å²) in [6.45, 7) is 3.69. The Morgan fingerprint density at radius 3 is 2.94 bits per heavy atom. The number of benzene rings is 1. The van der Waals surface area contributed by atoms with E-state index in [0.29, 0.717) is 16.0 Å². The van der Waals surface area contributed by atoms with E-state index in [1.165, 1.54) is 12.5 Å². The Bertz CT molecular complexity index is 435. The van der Waals surface area contributed by atoms with Crippen molar-refractivity contribution in [3.8, 4) is 0 Å². The third-order valence-corrected chi connectivity index (χ3v) is 3.75. The molecule has 92 valence electrons. The molecule has 1 aromatic rings. The van der Waals surface area contributed by atoms with Crippen molar-refractivity contribution in [2.75, 3.05) is 13.1 Å². The van der Waals surface area contributed by atoms with Gasteiger partial charge in [0.1, 0.15) is 5.82 Å². The lowest BCUT2D eigenvalue weighted by Gasteiger charge is -2.31. The molecule has 2 rings (SSSR count). The van der Waals surface area contributed by atoms with Crippen LogP contribution in [0.15, 0.2) is 22.7 Å². The van der Waals surface area contributed by atoms with Crippen LogP contribution in [0.1, 0.15) is 30.1 Å². The predicted molar refractivity (Wildman–Crippen MR) is 68.4 cm³/mol. The maximum absolute atomic E-state index is 13.4. The Hall–Kier alpha value is -0.900. The quantitative estimate of drug-likeness (QED) is 0.778. The molecule has 0 aromatic heterocycles. The lowest BCUT2D eigenvalue weighted by molar-refractivity contribution is 0.0682. The molecule has 0 spiro atoms. The zero-order valence-electron chi connectivity index (χ0n) is 9.75. The number of carbonyl (C=O) groups excluding carboxylic acids is 1. The van der Waals surface area contributed by atoms with Crippen LogP contribution in [0, 0.1) is 11.7 Å². The lowest BCUT2D eigenvalue weighted by Crippen LogP contribution is -2.39. The highest BCUT2D eigenvalue weighted by Crippen LogP contribution is 2.20. The minimum absolute atomic E-state index is 0.0667. The van der Waals surface area contributed by atoms with E-state index in [9.17, 15) is 9.18 Å². The van der Waals surface area contributed by atoms with Gasteiger partial charge in [-0.1, -0.05) is 6.92 Å². The van der Waals surface area contributed by atoms with Gasteiger partial charge in [0.2, 0.25) is 0 Å². The zero-order chi connectivity index (χ0) is 12.4. The molecule has 1 aliphatic heterocycles. The summed E-state index contributed by atoms with van der Waals surface area (Å²) in [6, 6.07) is 4.54. The third-order valence-electron chi connectivity index (χ3n) is 3.11. The first-order chi connectivity index (χ1) is 8.08. The second-order valence-electron chi connectivity index (χ2n) is 4.63.